The molecular weight excluding hydrogens is 348 g/mol. The predicted octanol–water partition coefficient (Wildman–Crippen LogP) is 1.86. The normalized spacial score (nSPS) is 20.2. The summed E-state index contributed by atoms with van der Waals surface area (Å²) < 4.78 is 1.36. The molecule has 1 N–H and O–H groups in total. The Kier molecular flexibility index (Phi) is 4.29. The van der Waals surface area contributed by atoms with Gasteiger partial charge in [0.05, 0.1) is 18.0 Å². The maximum atomic E-state index is 12.9. The van der Waals surface area contributed by atoms with Crippen molar-refractivity contribution in [3.63, 3.8) is 0 Å². The maximum absolute atomic E-state index is 12.9. The van der Waals surface area contributed by atoms with E-state index in [2.05, 4.69) is 15.0 Å². The molecular formula is C18H22N6O3. The van der Waals surface area contributed by atoms with Gasteiger partial charge in [0, 0.05) is 19.3 Å². The molecule has 3 heterocycles. The molecule has 9 nitrogen and oxygen atoms in total. The SMILES string of the molecule is CCC1C(=O)N(C)c2cnc(-n3cc(C(=O)O)cn3)nc2N1C1CCCC1. The first kappa shape index (κ1) is 17.4. The molecule has 1 aliphatic heterocycles. The second kappa shape index (κ2) is 6.64. The number of hydrogen-bond acceptors (Lipinski definition) is 6. The lowest BCUT2D eigenvalue weighted by molar-refractivity contribution is -0.120. The van der Waals surface area contributed by atoms with Crippen LogP contribution < -0.4 is 9.80 Å². The van der Waals surface area contributed by atoms with Gasteiger partial charge in [-0.25, -0.2) is 14.5 Å². The summed E-state index contributed by atoms with van der Waals surface area (Å²) in [6, 6.07) is 0.0295. The van der Waals surface area contributed by atoms with Gasteiger partial charge < -0.3 is 14.9 Å². The second-order valence-corrected chi connectivity index (χ2v) is 7.02. The highest BCUT2D eigenvalue weighted by molar-refractivity contribution is 6.04. The Morgan fingerprint density at radius 2 is 2.04 bits per heavy atom. The van der Waals surface area contributed by atoms with E-state index >= 15 is 0 Å². The van der Waals surface area contributed by atoms with Crippen LogP contribution in [0.5, 0.6) is 0 Å². The van der Waals surface area contributed by atoms with Crippen molar-refractivity contribution in [3.05, 3.63) is 24.2 Å². The first-order chi connectivity index (χ1) is 13.0. The molecule has 2 aliphatic rings. The molecule has 142 valence electrons. The van der Waals surface area contributed by atoms with Crippen molar-refractivity contribution in [2.75, 3.05) is 16.8 Å². The van der Waals surface area contributed by atoms with Crippen LogP contribution in [0, 0.1) is 0 Å². The van der Waals surface area contributed by atoms with E-state index in [1.807, 2.05) is 6.92 Å². The molecule has 2 aromatic heterocycles. The Bertz CT molecular complexity index is 889. The topological polar surface area (TPSA) is 104 Å². The highest BCUT2D eigenvalue weighted by Gasteiger charge is 2.41. The second-order valence-electron chi connectivity index (χ2n) is 7.02. The lowest BCUT2D eigenvalue weighted by Crippen LogP contribution is -2.55. The lowest BCUT2D eigenvalue weighted by atomic mass is 10.0. The van der Waals surface area contributed by atoms with Crippen molar-refractivity contribution < 1.29 is 14.7 Å². The van der Waals surface area contributed by atoms with Crippen LogP contribution in [0.4, 0.5) is 11.5 Å². The van der Waals surface area contributed by atoms with Gasteiger partial charge in [0.1, 0.15) is 11.7 Å². The summed E-state index contributed by atoms with van der Waals surface area (Å²) in [7, 11) is 1.75. The van der Waals surface area contributed by atoms with Gasteiger partial charge in [0.25, 0.3) is 5.95 Å². The van der Waals surface area contributed by atoms with Crippen LogP contribution in [0.2, 0.25) is 0 Å². The van der Waals surface area contributed by atoms with Crippen LogP contribution in [0.25, 0.3) is 5.95 Å². The number of likely N-dealkylation sites (N-methyl/N-ethyl adjacent to an activating group) is 1. The summed E-state index contributed by atoms with van der Waals surface area (Å²) in [5.41, 5.74) is 0.744. The molecule has 0 spiro atoms. The lowest BCUT2D eigenvalue weighted by Gasteiger charge is -2.43. The number of rotatable bonds is 4. The van der Waals surface area contributed by atoms with E-state index in [4.69, 9.17) is 10.1 Å². The zero-order valence-corrected chi connectivity index (χ0v) is 15.4. The number of carboxylic acid groups (broad SMARTS) is 1. The summed E-state index contributed by atoms with van der Waals surface area (Å²) in [5.74, 6) is 0.0127. The van der Waals surface area contributed by atoms with E-state index in [0.29, 0.717) is 23.9 Å². The summed E-state index contributed by atoms with van der Waals surface area (Å²) in [5, 5.41) is 13.2. The number of carboxylic acids is 1. The number of hydrogen-bond donors (Lipinski definition) is 1. The third kappa shape index (κ3) is 2.83. The number of carbonyl (C=O) groups is 2. The smallest absolute Gasteiger partial charge is 0.338 e. The van der Waals surface area contributed by atoms with Gasteiger partial charge in [0.2, 0.25) is 5.91 Å². The van der Waals surface area contributed by atoms with Crippen LogP contribution in [0.3, 0.4) is 0 Å². The van der Waals surface area contributed by atoms with E-state index in [1.165, 1.54) is 17.1 Å². The summed E-state index contributed by atoms with van der Waals surface area (Å²) >= 11 is 0. The molecule has 1 fully saturated rings. The number of anilines is 2. The summed E-state index contributed by atoms with van der Waals surface area (Å²) in [6.07, 6.45) is 9.35. The third-order valence-electron chi connectivity index (χ3n) is 5.43. The Labute approximate surface area is 156 Å². The van der Waals surface area contributed by atoms with Crippen LogP contribution in [-0.2, 0) is 4.79 Å². The van der Waals surface area contributed by atoms with Gasteiger partial charge >= 0.3 is 5.97 Å². The van der Waals surface area contributed by atoms with Crippen molar-refractivity contribution in [3.8, 4) is 5.95 Å². The molecule has 1 amide bonds. The molecule has 2 aromatic rings. The molecule has 0 saturated heterocycles. The highest BCUT2D eigenvalue weighted by atomic mass is 16.4. The molecule has 1 aliphatic carbocycles. The minimum atomic E-state index is -1.05. The van der Waals surface area contributed by atoms with E-state index in [1.54, 1.807) is 18.1 Å². The van der Waals surface area contributed by atoms with Gasteiger partial charge in [-0.15, -0.1) is 0 Å². The average Bonchev–Trinajstić information content (AvgIpc) is 3.35. The van der Waals surface area contributed by atoms with Crippen LogP contribution in [-0.4, -0.2) is 55.9 Å². The molecule has 0 radical (unpaired) electrons. The number of carbonyl (C=O) groups excluding carboxylic acids is 1. The van der Waals surface area contributed by atoms with E-state index in [0.717, 1.165) is 25.7 Å². The molecule has 1 atom stereocenters. The first-order valence-electron chi connectivity index (χ1n) is 9.22. The minimum Gasteiger partial charge on any atom is -0.478 e. The third-order valence-corrected chi connectivity index (χ3v) is 5.43. The fourth-order valence-corrected chi connectivity index (χ4v) is 4.03. The molecule has 0 bridgehead atoms. The Balaban J connectivity index is 1.81. The van der Waals surface area contributed by atoms with Crippen molar-refractivity contribution in [2.45, 2.75) is 51.1 Å². The summed E-state index contributed by atoms with van der Waals surface area (Å²) in [6.45, 7) is 2.01. The average molecular weight is 370 g/mol. The minimum absolute atomic E-state index is 0.0560. The van der Waals surface area contributed by atoms with E-state index in [-0.39, 0.29) is 23.6 Å². The zero-order valence-electron chi connectivity index (χ0n) is 15.4. The fraction of sp³-hybridized carbons (Fsp3) is 0.500. The van der Waals surface area contributed by atoms with Gasteiger partial charge in [-0.3, -0.25) is 4.79 Å². The number of nitrogens with zero attached hydrogens (tertiary/aromatic N) is 6. The quantitative estimate of drug-likeness (QED) is 0.876. The van der Waals surface area contributed by atoms with Crippen LogP contribution in [0.1, 0.15) is 49.4 Å². The van der Waals surface area contributed by atoms with E-state index in [9.17, 15) is 9.59 Å². The largest absolute Gasteiger partial charge is 0.478 e. The molecule has 9 heteroatoms. The number of amides is 1. The molecule has 1 unspecified atom stereocenters. The maximum Gasteiger partial charge on any atom is 0.338 e. The van der Waals surface area contributed by atoms with Crippen molar-refractivity contribution in [2.24, 2.45) is 0 Å². The molecule has 1 saturated carbocycles. The van der Waals surface area contributed by atoms with Gasteiger partial charge in [-0.2, -0.15) is 10.1 Å². The number of aromatic carboxylic acids is 1. The van der Waals surface area contributed by atoms with Crippen LogP contribution in [0.15, 0.2) is 18.6 Å². The zero-order chi connectivity index (χ0) is 19.1. The highest BCUT2D eigenvalue weighted by Crippen LogP contribution is 2.39. The number of fused-ring (bicyclic) bond motifs is 1. The summed E-state index contributed by atoms with van der Waals surface area (Å²) in [4.78, 5) is 36.8. The van der Waals surface area contributed by atoms with Crippen LogP contribution >= 0.6 is 0 Å². The monoisotopic (exact) mass is 370 g/mol. The van der Waals surface area contributed by atoms with Crippen molar-refractivity contribution >= 4 is 23.4 Å². The van der Waals surface area contributed by atoms with E-state index < -0.39 is 5.97 Å². The van der Waals surface area contributed by atoms with Gasteiger partial charge in [0.15, 0.2) is 5.82 Å². The Hall–Kier alpha value is -2.97. The van der Waals surface area contributed by atoms with Gasteiger partial charge in [-0.1, -0.05) is 19.8 Å². The molecule has 27 heavy (non-hydrogen) atoms. The molecule has 4 rings (SSSR count). The van der Waals surface area contributed by atoms with Crippen molar-refractivity contribution in [1.82, 2.24) is 19.7 Å². The van der Waals surface area contributed by atoms with Gasteiger partial charge in [-0.05, 0) is 19.3 Å². The Morgan fingerprint density at radius 1 is 1.30 bits per heavy atom. The predicted molar refractivity (Wildman–Crippen MR) is 98.3 cm³/mol. The Morgan fingerprint density at radius 3 is 2.67 bits per heavy atom. The fourth-order valence-electron chi connectivity index (χ4n) is 4.03. The molecule has 0 aromatic carbocycles. The van der Waals surface area contributed by atoms with Crippen molar-refractivity contribution in [1.29, 1.82) is 0 Å². The standard InChI is InChI=1S/C18H22N6O3/c1-3-13-16(25)22(2)14-9-19-18(23-10-11(8-20-23)17(26)27)21-15(14)24(13)12-6-4-5-7-12/h8-10,12-13H,3-7H2,1-2H3,(H,26,27). The number of aromatic nitrogens is 4. The first-order valence-corrected chi connectivity index (χ1v) is 9.22.